The van der Waals surface area contributed by atoms with Crippen LogP contribution < -0.4 is 5.73 Å². The van der Waals surface area contributed by atoms with Crippen LogP contribution in [-0.2, 0) is 0 Å². The fourth-order valence-electron chi connectivity index (χ4n) is 1.46. The van der Waals surface area contributed by atoms with Gasteiger partial charge >= 0.3 is 0 Å². The molecule has 0 saturated carbocycles. The normalized spacial score (nSPS) is 10.5. The van der Waals surface area contributed by atoms with Gasteiger partial charge in [-0.3, -0.25) is 4.79 Å². The maximum absolute atomic E-state index is 12.2. The zero-order chi connectivity index (χ0) is 12.6. The van der Waals surface area contributed by atoms with Crippen LogP contribution in [0.5, 0.6) is 0 Å². The molecule has 0 fully saturated rings. The van der Waals surface area contributed by atoms with Gasteiger partial charge in [-0.15, -0.1) is 11.3 Å². The standard InChI is InChI=1S/C12H9BrClNOS/c1-6-2-3-9(15)7(4-6)11(16)10-5-8(13)12(14)17-10/h2-5H,15H2,1H3. The van der Waals surface area contributed by atoms with E-state index in [1.165, 1.54) is 11.3 Å². The van der Waals surface area contributed by atoms with Gasteiger partial charge in [0.2, 0.25) is 5.78 Å². The van der Waals surface area contributed by atoms with E-state index in [0.717, 1.165) is 10.0 Å². The molecule has 0 saturated heterocycles. The van der Waals surface area contributed by atoms with Gasteiger partial charge in [0.05, 0.1) is 4.88 Å². The van der Waals surface area contributed by atoms with Gasteiger partial charge in [0.1, 0.15) is 4.34 Å². The Morgan fingerprint density at radius 3 is 2.71 bits per heavy atom. The average molecular weight is 331 g/mol. The molecule has 1 aromatic heterocycles. The minimum Gasteiger partial charge on any atom is -0.398 e. The Labute approximate surface area is 117 Å². The van der Waals surface area contributed by atoms with Crippen LogP contribution in [0.15, 0.2) is 28.7 Å². The van der Waals surface area contributed by atoms with Gasteiger partial charge in [0, 0.05) is 15.7 Å². The van der Waals surface area contributed by atoms with Gasteiger partial charge in [0.25, 0.3) is 0 Å². The molecule has 0 amide bonds. The number of aryl methyl sites for hydroxylation is 1. The number of carbonyl (C=O) groups is 1. The third-order valence-corrected chi connectivity index (χ3v) is 4.80. The highest BCUT2D eigenvalue weighted by Crippen LogP contribution is 2.33. The van der Waals surface area contributed by atoms with Crippen molar-refractivity contribution in [2.45, 2.75) is 6.92 Å². The molecule has 0 unspecified atom stereocenters. The molecule has 0 aliphatic carbocycles. The number of hydrogen-bond donors (Lipinski definition) is 1. The molecule has 2 rings (SSSR count). The number of benzene rings is 1. The van der Waals surface area contributed by atoms with Crippen molar-refractivity contribution < 1.29 is 4.79 Å². The molecule has 1 heterocycles. The molecular formula is C12H9BrClNOS. The van der Waals surface area contributed by atoms with Crippen molar-refractivity contribution in [1.29, 1.82) is 0 Å². The Morgan fingerprint density at radius 2 is 2.12 bits per heavy atom. The highest BCUT2D eigenvalue weighted by molar-refractivity contribution is 9.10. The van der Waals surface area contributed by atoms with Crippen LogP contribution in [0.4, 0.5) is 5.69 Å². The molecule has 2 N–H and O–H groups in total. The van der Waals surface area contributed by atoms with Gasteiger partial charge in [-0.25, -0.2) is 0 Å². The predicted molar refractivity (Wildman–Crippen MR) is 76.1 cm³/mol. The zero-order valence-corrected chi connectivity index (χ0v) is 12.1. The van der Waals surface area contributed by atoms with E-state index >= 15 is 0 Å². The first-order chi connectivity index (χ1) is 7.99. The number of halogens is 2. The van der Waals surface area contributed by atoms with Crippen LogP contribution in [0.3, 0.4) is 0 Å². The fourth-order valence-corrected chi connectivity index (χ4v) is 3.11. The Morgan fingerprint density at radius 1 is 1.41 bits per heavy atom. The van der Waals surface area contributed by atoms with Crippen LogP contribution >= 0.6 is 38.9 Å². The molecule has 88 valence electrons. The number of nitrogen functional groups attached to an aromatic ring is 1. The molecule has 2 nitrogen and oxygen atoms in total. The van der Waals surface area contributed by atoms with Crippen molar-refractivity contribution in [3.63, 3.8) is 0 Å². The largest absolute Gasteiger partial charge is 0.398 e. The SMILES string of the molecule is Cc1ccc(N)c(C(=O)c2cc(Br)c(Cl)s2)c1. The van der Waals surface area contributed by atoms with E-state index in [-0.39, 0.29) is 5.78 Å². The minimum absolute atomic E-state index is 0.0937. The van der Waals surface area contributed by atoms with Crippen molar-refractivity contribution in [2.75, 3.05) is 5.73 Å². The molecule has 0 spiro atoms. The second-order valence-corrected chi connectivity index (χ2v) is 6.16. The van der Waals surface area contributed by atoms with Crippen LogP contribution in [0.1, 0.15) is 20.8 Å². The summed E-state index contributed by atoms with van der Waals surface area (Å²) in [6, 6.07) is 7.13. The lowest BCUT2D eigenvalue weighted by Crippen LogP contribution is -2.03. The third-order valence-electron chi connectivity index (χ3n) is 2.32. The van der Waals surface area contributed by atoms with Gasteiger partial charge < -0.3 is 5.73 Å². The van der Waals surface area contributed by atoms with Crippen molar-refractivity contribution in [2.24, 2.45) is 0 Å². The number of carbonyl (C=O) groups excluding carboxylic acids is 1. The van der Waals surface area contributed by atoms with Crippen molar-refractivity contribution >= 4 is 50.3 Å². The molecule has 0 atom stereocenters. The van der Waals surface area contributed by atoms with Gasteiger partial charge in [0.15, 0.2) is 0 Å². The molecule has 1 aromatic carbocycles. The summed E-state index contributed by atoms with van der Waals surface area (Å²) in [7, 11) is 0. The number of anilines is 1. The Balaban J connectivity index is 2.47. The Kier molecular flexibility index (Phi) is 3.56. The zero-order valence-electron chi connectivity index (χ0n) is 8.96. The fraction of sp³-hybridized carbons (Fsp3) is 0.0833. The van der Waals surface area contributed by atoms with E-state index in [0.29, 0.717) is 20.5 Å². The minimum atomic E-state index is -0.0937. The summed E-state index contributed by atoms with van der Waals surface area (Å²) < 4.78 is 1.30. The van der Waals surface area contributed by atoms with Crippen molar-refractivity contribution in [3.8, 4) is 0 Å². The van der Waals surface area contributed by atoms with Crippen molar-refractivity contribution in [3.05, 3.63) is 49.1 Å². The van der Waals surface area contributed by atoms with E-state index in [9.17, 15) is 4.79 Å². The summed E-state index contributed by atoms with van der Waals surface area (Å²) in [5.41, 5.74) is 7.83. The monoisotopic (exact) mass is 329 g/mol. The quantitative estimate of drug-likeness (QED) is 0.659. The second-order valence-electron chi connectivity index (χ2n) is 3.65. The van der Waals surface area contributed by atoms with E-state index in [1.54, 1.807) is 18.2 Å². The first kappa shape index (κ1) is 12.6. The molecule has 2 aromatic rings. The van der Waals surface area contributed by atoms with E-state index in [4.69, 9.17) is 17.3 Å². The molecule has 0 bridgehead atoms. The lowest BCUT2D eigenvalue weighted by molar-refractivity contribution is 0.104. The number of rotatable bonds is 2. The molecule has 5 heteroatoms. The van der Waals surface area contributed by atoms with Crippen molar-refractivity contribution in [1.82, 2.24) is 0 Å². The van der Waals surface area contributed by atoms with Gasteiger partial charge in [-0.2, -0.15) is 0 Å². The first-order valence-corrected chi connectivity index (χ1v) is 6.83. The summed E-state index contributed by atoms with van der Waals surface area (Å²) in [6.07, 6.45) is 0. The second kappa shape index (κ2) is 4.80. The van der Waals surface area contributed by atoms with Crippen LogP contribution in [0.25, 0.3) is 0 Å². The number of thiophene rings is 1. The molecule has 0 aliphatic heterocycles. The highest BCUT2D eigenvalue weighted by atomic mass is 79.9. The molecule has 0 aliphatic rings. The van der Waals surface area contributed by atoms with Crippen LogP contribution in [0, 0.1) is 6.92 Å². The van der Waals surface area contributed by atoms with Crippen LogP contribution in [-0.4, -0.2) is 5.78 Å². The van der Waals surface area contributed by atoms with E-state index in [1.807, 2.05) is 13.0 Å². The molecule has 17 heavy (non-hydrogen) atoms. The Hall–Kier alpha value is -0.840. The predicted octanol–water partition coefficient (Wildman–Crippen LogP) is 4.29. The maximum Gasteiger partial charge on any atom is 0.205 e. The lowest BCUT2D eigenvalue weighted by atomic mass is 10.0. The average Bonchev–Trinajstić information content (AvgIpc) is 2.62. The summed E-state index contributed by atoms with van der Waals surface area (Å²) in [5.74, 6) is -0.0937. The number of nitrogens with two attached hydrogens (primary N) is 1. The summed E-state index contributed by atoms with van der Waals surface area (Å²) in [4.78, 5) is 12.8. The third kappa shape index (κ3) is 2.54. The van der Waals surface area contributed by atoms with Crippen LogP contribution in [0.2, 0.25) is 4.34 Å². The van der Waals surface area contributed by atoms with E-state index in [2.05, 4.69) is 15.9 Å². The molecule has 0 radical (unpaired) electrons. The van der Waals surface area contributed by atoms with Gasteiger partial charge in [-0.1, -0.05) is 23.2 Å². The summed E-state index contributed by atoms with van der Waals surface area (Å²) in [5, 5.41) is 0. The van der Waals surface area contributed by atoms with E-state index < -0.39 is 0 Å². The topological polar surface area (TPSA) is 43.1 Å². The summed E-state index contributed by atoms with van der Waals surface area (Å²) in [6.45, 7) is 1.92. The Bertz CT molecular complexity index is 575. The first-order valence-electron chi connectivity index (χ1n) is 4.84. The number of ketones is 1. The molecular weight excluding hydrogens is 322 g/mol. The lowest BCUT2D eigenvalue weighted by Gasteiger charge is -2.04. The highest BCUT2D eigenvalue weighted by Gasteiger charge is 2.16. The van der Waals surface area contributed by atoms with Gasteiger partial charge in [-0.05, 0) is 41.1 Å². The summed E-state index contributed by atoms with van der Waals surface area (Å²) >= 11 is 10.5. The number of hydrogen-bond acceptors (Lipinski definition) is 3. The maximum atomic E-state index is 12.2. The smallest absolute Gasteiger partial charge is 0.205 e.